The first-order valence-electron chi connectivity index (χ1n) is 8.84. The molecule has 2 aromatic rings. The zero-order valence-corrected chi connectivity index (χ0v) is 15.0. The highest BCUT2D eigenvalue weighted by Crippen LogP contribution is 2.40. The van der Waals surface area contributed by atoms with Crippen molar-refractivity contribution in [2.45, 2.75) is 55.8 Å². The Balaban J connectivity index is 1.61. The van der Waals surface area contributed by atoms with Crippen LogP contribution >= 0.6 is 0 Å². The van der Waals surface area contributed by atoms with Crippen LogP contribution in [-0.4, -0.2) is 48.8 Å². The van der Waals surface area contributed by atoms with E-state index in [0.29, 0.717) is 0 Å². The highest BCUT2D eigenvalue weighted by Gasteiger charge is 2.47. The number of rotatable bonds is 5. The minimum Gasteiger partial charge on any atom is -0.351 e. The van der Waals surface area contributed by atoms with Gasteiger partial charge in [-0.25, -0.2) is 27.5 Å². The van der Waals surface area contributed by atoms with E-state index >= 15 is 0 Å². The van der Waals surface area contributed by atoms with E-state index in [1.165, 1.54) is 0 Å². The monoisotopic (exact) mass is 437 g/mol. The van der Waals surface area contributed by atoms with E-state index in [4.69, 9.17) is 0 Å². The molecule has 2 aliphatic rings. The highest BCUT2D eigenvalue weighted by atomic mass is 19.4. The van der Waals surface area contributed by atoms with Gasteiger partial charge >= 0.3 is 6.18 Å². The third-order valence-corrected chi connectivity index (χ3v) is 4.62. The Morgan fingerprint density at radius 3 is 1.73 bits per heavy atom. The van der Waals surface area contributed by atoms with E-state index in [1.54, 1.807) is 0 Å². The molecule has 0 aliphatic heterocycles. The van der Waals surface area contributed by atoms with Crippen molar-refractivity contribution in [3.63, 3.8) is 0 Å². The summed E-state index contributed by atoms with van der Waals surface area (Å²) in [6, 6.07) is -0.160. The molecule has 7 nitrogen and oxygen atoms in total. The molecule has 2 saturated carbocycles. The Hall–Kier alpha value is -2.80. The van der Waals surface area contributed by atoms with E-state index in [-0.39, 0.29) is 23.4 Å². The fraction of sp³-hybridized carbons (Fsp3) is 0.562. The number of nitrogens with one attached hydrogen (secondary N) is 2. The minimum atomic E-state index is -4.81. The van der Waals surface area contributed by atoms with Crippen molar-refractivity contribution in [3.8, 4) is 11.5 Å². The maximum atomic E-state index is 13.1. The Labute approximate surface area is 164 Å². The number of alkyl halides is 7. The van der Waals surface area contributed by atoms with Gasteiger partial charge in [-0.3, -0.25) is 0 Å². The van der Waals surface area contributed by atoms with E-state index < -0.39 is 61.6 Å². The smallest absolute Gasteiger partial charge is 0.351 e. The summed E-state index contributed by atoms with van der Waals surface area (Å²) in [5.41, 5.74) is -0.288. The van der Waals surface area contributed by atoms with Crippen LogP contribution in [0.2, 0.25) is 0 Å². The fourth-order valence-electron chi connectivity index (χ4n) is 3.13. The van der Waals surface area contributed by atoms with Crippen molar-refractivity contribution < 1.29 is 30.7 Å². The number of hydrogen-bond donors (Lipinski definition) is 2. The second-order valence-electron chi connectivity index (χ2n) is 7.28. The second-order valence-corrected chi connectivity index (χ2v) is 7.28. The van der Waals surface area contributed by atoms with E-state index in [9.17, 15) is 30.7 Å². The summed E-state index contributed by atoms with van der Waals surface area (Å²) in [7, 11) is 0. The van der Waals surface area contributed by atoms with Crippen LogP contribution in [0.5, 0.6) is 0 Å². The van der Waals surface area contributed by atoms with Gasteiger partial charge < -0.3 is 10.6 Å². The van der Waals surface area contributed by atoms with Crippen molar-refractivity contribution in [2.24, 2.45) is 0 Å². The Morgan fingerprint density at radius 2 is 1.30 bits per heavy atom. The Kier molecular flexibility index (Phi) is 4.69. The van der Waals surface area contributed by atoms with Crippen LogP contribution in [0.25, 0.3) is 11.5 Å². The predicted octanol–water partition coefficient (Wildman–Crippen LogP) is 3.77. The fourth-order valence-corrected chi connectivity index (χ4v) is 3.13. The largest absolute Gasteiger partial charge is 0.451 e. The van der Waals surface area contributed by atoms with Gasteiger partial charge in [-0.15, -0.1) is 0 Å². The molecule has 0 aromatic carbocycles. The Bertz CT molecular complexity index is 890. The molecule has 2 aromatic heterocycles. The lowest BCUT2D eigenvalue weighted by Crippen LogP contribution is -2.45. The van der Waals surface area contributed by atoms with E-state index in [1.807, 2.05) is 0 Å². The molecule has 0 bridgehead atoms. The maximum Gasteiger partial charge on any atom is 0.451 e. The maximum absolute atomic E-state index is 13.1. The molecule has 14 heteroatoms. The van der Waals surface area contributed by atoms with Crippen LogP contribution < -0.4 is 10.6 Å². The third kappa shape index (κ3) is 4.51. The van der Waals surface area contributed by atoms with Crippen molar-refractivity contribution in [3.05, 3.63) is 18.1 Å². The number of aromatic nitrogens is 5. The second kappa shape index (κ2) is 6.87. The van der Waals surface area contributed by atoms with Gasteiger partial charge in [-0.1, -0.05) is 0 Å². The molecule has 2 heterocycles. The van der Waals surface area contributed by atoms with Gasteiger partial charge in [-0.2, -0.15) is 28.1 Å². The molecule has 0 radical (unpaired) electrons. The molecule has 0 unspecified atom stereocenters. The number of halogens is 7. The summed E-state index contributed by atoms with van der Waals surface area (Å²) < 4.78 is 91.0. The first kappa shape index (κ1) is 20.5. The molecule has 0 atom stereocenters. The standard InChI is InChI=1S/C16H14F7N7/c17-14(18)3-7(4-14)25-12-28-10(9-1-2-24-11(27-9)16(21,22)23)29-13(30-12)26-8-5-15(19,20)6-8/h1-2,7-8H,3-6H2,(H2,25,26,28,29,30). The molecular weight excluding hydrogens is 423 g/mol. The van der Waals surface area contributed by atoms with Crippen molar-refractivity contribution in [1.29, 1.82) is 0 Å². The summed E-state index contributed by atoms with van der Waals surface area (Å²) in [6.45, 7) is 0. The topological polar surface area (TPSA) is 88.5 Å². The van der Waals surface area contributed by atoms with Crippen LogP contribution in [0.4, 0.5) is 42.6 Å². The molecule has 2 N–H and O–H groups in total. The summed E-state index contributed by atoms with van der Waals surface area (Å²) in [6.07, 6.45) is -5.78. The number of hydrogen-bond acceptors (Lipinski definition) is 7. The normalized spacial score (nSPS) is 20.9. The van der Waals surface area contributed by atoms with Crippen LogP contribution in [0.15, 0.2) is 12.3 Å². The average Bonchev–Trinajstić information content (AvgIpc) is 2.58. The van der Waals surface area contributed by atoms with Crippen LogP contribution in [-0.2, 0) is 6.18 Å². The SMILES string of the molecule is FC1(F)CC(Nc2nc(NC3CC(F)(F)C3)nc(-c3ccnc(C(F)(F)F)n3)n2)C1. The lowest BCUT2D eigenvalue weighted by atomic mass is 9.88. The minimum absolute atomic E-state index is 0.179. The molecule has 2 aliphatic carbocycles. The lowest BCUT2D eigenvalue weighted by Gasteiger charge is -2.36. The van der Waals surface area contributed by atoms with Crippen molar-refractivity contribution >= 4 is 11.9 Å². The number of anilines is 2. The van der Waals surface area contributed by atoms with Gasteiger partial charge in [0.05, 0.1) is 0 Å². The highest BCUT2D eigenvalue weighted by molar-refractivity contribution is 5.54. The number of nitrogens with zero attached hydrogens (tertiary/aromatic N) is 5. The average molecular weight is 437 g/mol. The summed E-state index contributed by atoms with van der Waals surface area (Å²) in [5, 5.41) is 5.32. The molecule has 162 valence electrons. The molecule has 30 heavy (non-hydrogen) atoms. The van der Waals surface area contributed by atoms with Gasteiger partial charge in [-0.05, 0) is 6.07 Å². The zero-order chi connectivity index (χ0) is 21.7. The molecule has 2 fully saturated rings. The van der Waals surface area contributed by atoms with Gasteiger partial charge in [0.1, 0.15) is 5.69 Å². The van der Waals surface area contributed by atoms with Gasteiger partial charge in [0, 0.05) is 44.0 Å². The molecule has 0 amide bonds. The van der Waals surface area contributed by atoms with Crippen molar-refractivity contribution in [2.75, 3.05) is 10.6 Å². The molecule has 0 saturated heterocycles. The van der Waals surface area contributed by atoms with Crippen LogP contribution in [0.1, 0.15) is 31.5 Å². The van der Waals surface area contributed by atoms with Gasteiger partial charge in [0.15, 0.2) is 5.82 Å². The molecule has 4 rings (SSSR count). The molecule has 0 spiro atoms. The summed E-state index contributed by atoms with van der Waals surface area (Å²) >= 11 is 0. The lowest BCUT2D eigenvalue weighted by molar-refractivity contribution is -0.144. The van der Waals surface area contributed by atoms with E-state index in [0.717, 1.165) is 12.3 Å². The summed E-state index contributed by atoms with van der Waals surface area (Å²) in [4.78, 5) is 18.4. The first-order valence-corrected chi connectivity index (χ1v) is 8.84. The van der Waals surface area contributed by atoms with Crippen LogP contribution in [0.3, 0.4) is 0 Å². The summed E-state index contributed by atoms with van der Waals surface area (Å²) in [5.74, 6) is -7.70. The molecular formula is C16H14F7N7. The van der Waals surface area contributed by atoms with Crippen LogP contribution in [0, 0.1) is 0 Å². The van der Waals surface area contributed by atoms with Crippen molar-refractivity contribution in [1.82, 2.24) is 24.9 Å². The Morgan fingerprint density at radius 1 is 0.800 bits per heavy atom. The zero-order valence-electron chi connectivity index (χ0n) is 15.0. The van der Waals surface area contributed by atoms with E-state index in [2.05, 4.69) is 35.6 Å². The predicted molar refractivity (Wildman–Crippen MR) is 89.0 cm³/mol. The van der Waals surface area contributed by atoms with Gasteiger partial charge in [0.2, 0.25) is 17.7 Å². The van der Waals surface area contributed by atoms with Gasteiger partial charge in [0.25, 0.3) is 11.8 Å². The first-order chi connectivity index (χ1) is 13.9. The third-order valence-electron chi connectivity index (χ3n) is 4.62. The quantitative estimate of drug-likeness (QED) is 0.689.